The van der Waals surface area contributed by atoms with Crippen molar-refractivity contribution in [2.45, 2.75) is 31.6 Å². The molecule has 1 aromatic rings. The van der Waals surface area contributed by atoms with Crippen LogP contribution in [0.1, 0.15) is 37.0 Å². The number of carboxylic acid groups (broad SMARTS) is 1. The number of benzene rings is 1. The van der Waals surface area contributed by atoms with E-state index >= 15 is 0 Å². The number of carbonyl (C=O) groups is 1. The first-order valence-corrected chi connectivity index (χ1v) is 7.81. The maximum absolute atomic E-state index is 13.3. The average molecular weight is 303 g/mol. The second kappa shape index (κ2) is 6.81. The van der Waals surface area contributed by atoms with Crippen LogP contribution in [0.15, 0.2) is 23.1 Å². The highest BCUT2D eigenvalue weighted by Gasteiger charge is 2.25. The molecule has 0 saturated heterocycles. The largest absolute Gasteiger partial charge is 0.478 e. The number of rotatable bonds is 7. The quantitative estimate of drug-likeness (QED) is 0.839. The van der Waals surface area contributed by atoms with E-state index in [0.717, 1.165) is 18.2 Å². The minimum atomic E-state index is -3.79. The number of sulfonamides is 1. The maximum atomic E-state index is 13.3. The van der Waals surface area contributed by atoms with Gasteiger partial charge in [0.1, 0.15) is 5.82 Å². The first-order chi connectivity index (χ1) is 9.34. The molecule has 7 heteroatoms. The van der Waals surface area contributed by atoms with E-state index in [0.29, 0.717) is 25.9 Å². The summed E-state index contributed by atoms with van der Waals surface area (Å²) in [4.78, 5) is 10.7. The SMILES string of the molecule is CCCN(CCC)S(=O)(=O)c1ccc(F)c(C(=O)O)c1. The van der Waals surface area contributed by atoms with Crippen LogP contribution in [0, 0.1) is 5.82 Å². The number of nitrogens with zero attached hydrogens (tertiary/aromatic N) is 1. The van der Waals surface area contributed by atoms with Gasteiger partial charge < -0.3 is 5.11 Å². The molecule has 5 nitrogen and oxygen atoms in total. The zero-order valence-corrected chi connectivity index (χ0v) is 12.3. The molecule has 0 unspecified atom stereocenters. The molecule has 0 aliphatic carbocycles. The van der Waals surface area contributed by atoms with Gasteiger partial charge >= 0.3 is 5.97 Å². The highest BCUT2D eigenvalue weighted by Crippen LogP contribution is 2.20. The highest BCUT2D eigenvalue weighted by molar-refractivity contribution is 7.89. The zero-order chi connectivity index (χ0) is 15.3. The molecule has 0 heterocycles. The van der Waals surface area contributed by atoms with Gasteiger partial charge in [-0.2, -0.15) is 4.31 Å². The third-order valence-electron chi connectivity index (χ3n) is 2.75. The summed E-state index contributed by atoms with van der Waals surface area (Å²) in [5, 5.41) is 8.85. The predicted octanol–water partition coefficient (Wildman–Crippen LogP) is 2.33. The lowest BCUT2D eigenvalue weighted by Crippen LogP contribution is -2.32. The average Bonchev–Trinajstić information content (AvgIpc) is 2.38. The summed E-state index contributed by atoms with van der Waals surface area (Å²) in [7, 11) is -3.79. The van der Waals surface area contributed by atoms with Gasteiger partial charge in [-0.05, 0) is 31.0 Å². The minimum absolute atomic E-state index is 0.196. The lowest BCUT2D eigenvalue weighted by molar-refractivity contribution is 0.0691. The van der Waals surface area contributed by atoms with E-state index in [1.54, 1.807) is 0 Å². The van der Waals surface area contributed by atoms with Crippen LogP contribution in [0.25, 0.3) is 0 Å². The first-order valence-electron chi connectivity index (χ1n) is 6.37. The number of carboxylic acids is 1. The van der Waals surface area contributed by atoms with Crippen LogP contribution in [0.4, 0.5) is 4.39 Å². The molecule has 0 atom stereocenters. The van der Waals surface area contributed by atoms with Gasteiger partial charge in [-0.15, -0.1) is 0 Å². The second-order valence-electron chi connectivity index (χ2n) is 4.35. The Morgan fingerprint density at radius 1 is 1.25 bits per heavy atom. The molecule has 0 radical (unpaired) electrons. The van der Waals surface area contributed by atoms with Crippen molar-refractivity contribution in [1.82, 2.24) is 4.31 Å². The van der Waals surface area contributed by atoms with Crippen LogP contribution in [-0.4, -0.2) is 36.9 Å². The zero-order valence-electron chi connectivity index (χ0n) is 11.5. The van der Waals surface area contributed by atoms with Crippen molar-refractivity contribution < 1.29 is 22.7 Å². The van der Waals surface area contributed by atoms with E-state index in [1.807, 2.05) is 13.8 Å². The number of aromatic carboxylic acids is 1. The summed E-state index contributed by atoms with van der Waals surface area (Å²) in [5.74, 6) is -2.44. The molecular weight excluding hydrogens is 285 g/mol. The van der Waals surface area contributed by atoms with E-state index in [9.17, 15) is 17.6 Å². The van der Waals surface area contributed by atoms with Gasteiger partial charge in [0.05, 0.1) is 10.5 Å². The molecule has 0 spiro atoms. The van der Waals surface area contributed by atoms with Gasteiger partial charge in [-0.3, -0.25) is 0 Å². The fourth-order valence-corrected chi connectivity index (χ4v) is 3.48. The summed E-state index contributed by atoms with van der Waals surface area (Å²) in [6.45, 7) is 4.39. The van der Waals surface area contributed by atoms with Crippen molar-refractivity contribution in [3.63, 3.8) is 0 Å². The van der Waals surface area contributed by atoms with Gasteiger partial charge in [0.2, 0.25) is 10.0 Å². The Morgan fingerprint density at radius 3 is 2.25 bits per heavy atom. The Bertz CT molecular complexity index is 580. The van der Waals surface area contributed by atoms with Crippen molar-refractivity contribution in [2.24, 2.45) is 0 Å². The third kappa shape index (κ3) is 3.55. The van der Waals surface area contributed by atoms with E-state index in [1.165, 1.54) is 4.31 Å². The predicted molar refractivity (Wildman–Crippen MR) is 72.7 cm³/mol. The van der Waals surface area contributed by atoms with Crippen molar-refractivity contribution in [3.05, 3.63) is 29.6 Å². The van der Waals surface area contributed by atoms with E-state index < -0.39 is 27.4 Å². The molecule has 1 rings (SSSR count). The molecular formula is C13H18FNO4S. The third-order valence-corrected chi connectivity index (χ3v) is 4.65. The molecule has 0 aromatic heterocycles. The standard InChI is InChI=1S/C13H18FNO4S/c1-3-7-15(8-4-2)20(18,19)10-5-6-12(14)11(9-10)13(16)17/h5-6,9H,3-4,7-8H2,1-2H3,(H,16,17). The van der Waals surface area contributed by atoms with Crippen molar-refractivity contribution in [2.75, 3.05) is 13.1 Å². The van der Waals surface area contributed by atoms with Crippen LogP contribution in [0.2, 0.25) is 0 Å². The Balaban J connectivity index is 3.26. The van der Waals surface area contributed by atoms with Gasteiger partial charge in [-0.1, -0.05) is 13.8 Å². The Morgan fingerprint density at radius 2 is 1.80 bits per heavy atom. The fraction of sp³-hybridized carbons (Fsp3) is 0.462. The second-order valence-corrected chi connectivity index (χ2v) is 6.29. The van der Waals surface area contributed by atoms with Gasteiger partial charge in [0.15, 0.2) is 0 Å². The van der Waals surface area contributed by atoms with Crippen molar-refractivity contribution in [1.29, 1.82) is 0 Å². The number of hydrogen-bond acceptors (Lipinski definition) is 3. The monoisotopic (exact) mass is 303 g/mol. The topological polar surface area (TPSA) is 74.7 Å². The van der Waals surface area contributed by atoms with Crippen LogP contribution in [0.3, 0.4) is 0 Å². The van der Waals surface area contributed by atoms with Gasteiger partial charge in [0.25, 0.3) is 0 Å². The summed E-state index contributed by atoms with van der Waals surface area (Å²) < 4.78 is 39.4. The van der Waals surface area contributed by atoms with E-state index in [2.05, 4.69) is 0 Å². The lowest BCUT2D eigenvalue weighted by Gasteiger charge is -2.21. The van der Waals surface area contributed by atoms with Crippen LogP contribution in [0.5, 0.6) is 0 Å². The summed E-state index contributed by atoms with van der Waals surface area (Å²) in [6.07, 6.45) is 1.29. The minimum Gasteiger partial charge on any atom is -0.478 e. The van der Waals surface area contributed by atoms with Crippen LogP contribution < -0.4 is 0 Å². The number of halogens is 1. The summed E-state index contributed by atoms with van der Waals surface area (Å²) >= 11 is 0. The molecule has 1 aromatic carbocycles. The van der Waals surface area contributed by atoms with Crippen molar-refractivity contribution in [3.8, 4) is 0 Å². The molecule has 0 saturated carbocycles. The van der Waals surface area contributed by atoms with Crippen LogP contribution in [-0.2, 0) is 10.0 Å². The van der Waals surface area contributed by atoms with E-state index in [4.69, 9.17) is 5.11 Å². The molecule has 1 N–H and O–H groups in total. The molecule has 0 fully saturated rings. The van der Waals surface area contributed by atoms with Gasteiger partial charge in [-0.25, -0.2) is 17.6 Å². The van der Waals surface area contributed by atoms with Crippen LogP contribution >= 0.6 is 0 Å². The summed E-state index contributed by atoms with van der Waals surface area (Å²) in [5.41, 5.74) is -0.640. The molecule has 0 bridgehead atoms. The highest BCUT2D eigenvalue weighted by atomic mass is 32.2. The van der Waals surface area contributed by atoms with Crippen molar-refractivity contribution >= 4 is 16.0 Å². The van der Waals surface area contributed by atoms with E-state index in [-0.39, 0.29) is 4.90 Å². The lowest BCUT2D eigenvalue weighted by atomic mass is 10.2. The fourth-order valence-electron chi connectivity index (χ4n) is 1.83. The summed E-state index contributed by atoms with van der Waals surface area (Å²) in [6, 6.07) is 2.83. The molecule has 0 aliphatic rings. The maximum Gasteiger partial charge on any atom is 0.338 e. The molecule has 0 amide bonds. The smallest absolute Gasteiger partial charge is 0.338 e. The number of hydrogen-bond donors (Lipinski definition) is 1. The molecule has 112 valence electrons. The normalized spacial score (nSPS) is 11.8. The Labute approximate surface area is 118 Å². The molecule has 0 aliphatic heterocycles. The molecule has 20 heavy (non-hydrogen) atoms. The Kier molecular flexibility index (Phi) is 5.64. The van der Waals surface area contributed by atoms with Gasteiger partial charge in [0, 0.05) is 13.1 Å². The first kappa shape index (κ1) is 16.6. The Hall–Kier alpha value is -1.47.